The summed E-state index contributed by atoms with van der Waals surface area (Å²) in [5, 5.41) is 3.79. The second-order valence-corrected chi connectivity index (χ2v) is 7.33. The van der Waals surface area contributed by atoms with Crippen LogP contribution in [0.15, 0.2) is 0 Å². The quantitative estimate of drug-likeness (QED) is 0.659. The van der Waals surface area contributed by atoms with Crippen molar-refractivity contribution in [2.75, 3.05) is 6.54 Å². The van der Waals surface area contributed by atoms with Gasteiger partial charge < -0.3 is 5.32 Å². The van der Waals surface area contributed by atoms with Crippen LogP contribution in [0, 0.1) is 5.41 Å². The molecule has 0 aliphatic carbocycles. The average molecular weight is 210 g/mol. The van der Waals surface area contributed by atoms with E-state index in [-0.39, 0.29) is 0 Å². The van der Waals surface area contributed by atoms with Crippen molar-refractivity contribution < 1.29 is 0 Å². The Balaban J connectivity index is 2.17. The van der Waals surface area contributed by atoms with Crippen molar-refractivity contribution in [3.05, 3.63) is 0 Å². The third-order valence-electron chi connectivity index (χ3n) is 3.94. The van der Waals surface area contributed by atoms with Crippen LogP contribution in [0.1, 0.15) is 48.0 Å². The van der Waals surface area contributed by atoms with Crippen molar-refractivity contribution in [2.45, 2.75) is 71.6 Å². The fourth-order valence-corrected chi connectivity index (χ4v) is 3.27. The van der Waals surface area contributed by atoms with Crippen LogP contribution in [-0.2, 0) is 0 Å². The molecule has 2 saturated heterocycles. The van der Waals surface area contributed by atoms with Crippen molar-refractivity contribution in [1.29, 1.82) is 0 Å². The van der Waals surface area contributed by atoms with Crippen molar-refractivity contribution in [2.24, 2.45) is 5.41 Å². The van der Waals surface area contributed by atoms with Crippen molar-refractivity contribution >= 4 is 0 Å². The smallest absolute Gasteiger partial charge is 0.0275 e. The average Bonchev–Trinajstić information content (AvgIpc) is 2.57. The first-order chi connectivity index (χ1) is 6.69. The molecule has 0 aromatic heterocycles. The lowest BCUT2D eigenvalue weighted by Gasteiger charge is -2.46. The molecule has 1 N–H and O–H groups in total. The Kier molecular flexibility index (Phi) is 2.44. The molecule has 2 heterocycles. The highest BCUT2D eigenvalue weighted by Gasteiger charge is 2.51. The van der Waals surface area contributed by atoms with E-state index in [1.54, 1.807) is 0 Å². The predicted molar refractivity (Wildman–Crippen MR) is 65.0 cm³/mol. The zero-order chi connectivity index (χ0) is 11.4. The molecule has 0 amide bonds. The summed E-state index contributed by atoms with van der Waals surface area (Å²) in [4.78, 5) is 2.70. The summed E-state index contributed by atoms with van der Waals surface area (Å²) in [5.74, 6) is 0. The van der Waals surface area contributed by atoms with Crippen LogP contribution in [0.25, 0.3) is 0 Å². The lowest BCUT2D eigenvalue weighted by Crippen LogP contribution is -2.60. The molecule has 2 fully saturated rings. The van der Waals surface area contributed by atoms with E-state index in [4.69, 9.17) is 0 Å². The van der Waals surface area contributed by atoms with E-state index in [1.807, 2.05) is 0 Å². The molecule has 0 saturated carbocycles. The highest BCUT2D eigenvalue weighted by atomic mass is 15.3. The Morgan fingerprint density at radius 1 is 1.07 bits per heavy atom. The van der Waals surface area contributed by atoms with E-state index in [0.717, 1.165) is 12.1 Å². The van der Waals surface area contributed by atoms with Crippen molar-refractivity contribution in [3.8, 4) is 0 Å². The van der Waals surface area contributed by atoms with E-state index in [9.17, 15) is 0 Å². The van der Waals surface area contributed by atoms with Gasteiger partial charge in [0, 0.05) is 30.2 Å². The maximum atomic E-state index is 3.79. The summed E-state index contributed by atoms with van der Waals surface area (Å²) in [6.45, 7) is 15.3. The zero-order valence-electron chi connectivity index (χ0n) is 11.1. The van der Waals surface area contributed by atoms with Gasteiger partial charge in [0.15, 0.2) is 0 Å². The molecular weight excluding hydrogens is 184 g/mol. The first-order valence-corrected chi connectivity index (χ1v) is 6.22. The largest absolute Gasteiger partial charge is 0.308 e. The van der Waals surface area contributed by atoms with Gasteiger partial charge in [-0.3, -0.25) is 4.90 Å². The van der Waals surface area contributed by atoms with E-state index in [0.29, 0.717) is 17.0 Å². The molecule has 3 unspecified atom stereocenters. The van der Waals surface area contributed by atoms with Gasteiger partial charge in [-0.25, -0.2) is 0 Å². The number of likely N-dealkylation sites (tertiary alicyclic amines) is 1. The summed E-state index contributed by atoms with van der Waals surface area (Å²) in [5.41, 5.74) is 0.703. The van der Waals surface area contributed by atoms with E-state index >= 15 is 0 Å². The van der Waals surface area contributed by atoms with Crippen molar-refractivity contribution in [1.82, 2.24) is 10.2 Å². The maximum Gasteiger partial charge on any atom is 0.0275 e. The number of piperazine rings is 1. The Labute approximate surface area is 94.4 Å². The molecule has 0 aromatic carbocycles. The van der Waals surface area contributed by atoms with Crippen LogP contribution >= 0.6 is 0 Å². The number of nitrogens with one attached hydrogen (secondary N) is 1. The first kappa shape index (κ1) is 11.4. The molecular formula is C13H26N2. The van der Waals surface area contributed by atoms with E-state index < -0.39 is 0 Å². The molecule has 0 radical (unpaired) electrons. The fourth-order valence-electron chi connectivity index (χ4n) is 3.27. The van der Waals surface area contributed by atoms with Gasteiger partial charge in [0.25, 0.3) is 0 Å². The minimum absolute atomic E-state index is 0.324. The van der Waals surface area contributed by atoms with Crippen LogP contribution in [-0.4, -0.2) is 35.1 Å². The molecule has 0 spiro atoms. The zero-order valence-corrected chi connectivity index (χ0v) is 11.1. The third kappa shape index (κ3) is 1.94. The highest BCUT2D eigenvalue weighted by Crippen LogP contribution is 2.39. The summed E-state index contributed by atoms with van der Waals surface area (Å²) in [6.07, 6.45) is 1.35. The van der Waals surface area contributed by atoms with Crippen LogP contribution in [0.5, 0.6) is 0 Å². The summed E-state index contributed by atoms with van der Waals surface area (Å²) < 4.78 is 0. The number of hydrogen-bond donors (Lipinski definition) is 1. The second-order valence-electron chi connectivity index (χ2n) is 7.33. The molecule has 2 heteroatoms. The minimum Gasteiger partial charge on any atom is -0.308 e. The monoisotopic (exact) mass is 210 g/mol. The lowest BCUT2D eigenvalue weighted by atomic mass is 9.82. The Bertz CT molecular complexity index is 222. The summed E-state index contributed by atoms with van der Waals surface area (Å²) in [6, 6.07) is 2.14. The van der Waals surface area contributed by atoms with Gasteiger partial charge in [-0.05, 0) is 32.6 Å². The van der Waals surface area contributed by atoms with Gasteiger partial charge in [0.1, 0.15) is 0 Å². The SMILES string of the molecule is CC(C)(C)C1NC2CC1N(C(C)(C)C)C2. The highest BCUT2D eigenvalue weighted by molar-refractivity contribution is 5.10. The van der Waals surface area contributed by atoms with Gasteiger partial charge >= 0.3 is 0 Å². The molecule has 88 valence electrons. The molecule has 0 aromatic rings. The second kappa shape index (κ2) is 3.21. The fraction of sp³-hybridized carbons (Fsp3) is 1.00. The molecule has 2 nitrogen and oxygen atoms in total. The number of hydrogen-bond acceptors (Lipinski definition) is 2. The first-order valence-electron chi connectivity index (χ1n) is 6.22. The molecule has 2 aliphatic rings. The molecule has 2 rings (SSSR count). The van der Waals surface area contributed by atoms with Gasteiger partial charge in [0.05, 0.1) is 0 Å². The Morgan fingerprint density at radius 2 is 1.67 bits per heavy atom. The van der Waals surface area contributed by atoms with Crippen molar-refractivity contribution in [3.63, 3.8) is 0 Å². The van der Waals surface area contributed by atoms with Gasteiger partial charge in [-0.2, -0.15) is 0 Å². The maximum absolute atomic E-state index is 3.79. The van der Waals surface area contributed by atoms with Gasteiger partial charge in [-0.1, -0.05) is 20.8 Å². The summed E-state index contributed by atoms with van der Waals surface area (Å²) >= 11 is 0. The van der Waals surface area contributed by atoms with Crippen LogP contribution in [0.4, 0.5) is 0 Å². The third-order valence-corrected chi connectivity index (χ3v) is 3.94. The molecule has 3 atom stereocenters. The standard InChI is InChI=1S/C13H26N2/c1-12(2,3)11-10-7-9(14-11)8-15(10)13(4,5)6/h9-11,14H,7-8H2,1-6H3. The number of nitrogens with zero attached hydrogens (tertiary/aromatic N) is 1. The van der Waals surface area contributed by atoms with E-state index in [2.05, 4.69) is 51.8 Å². The predicted octanol–water partition coefficient (Wildman–Crippen LogP) is 2.25. The Hall–Kier alpha value is -0.0800. The molecule has 2 aliphatic heterocycles. The minimum atomic E-state index is 0.324. The topological polar surface area (TPSA) is 15.3 Å². The van der Waals surface area contributed by atoms with Gasteiger partial charge in [-0.15, -0.1) is 0 Å². The Morgan fingerprint density at radius 3 is 2.07 bits per heavy atom. The van der Waals surface area contributed by atoms with E-state index in [1.165, 1.54) is 13.0 Å². The normalized spacial score (nSPS) is 37.6. The number of rotatable bonds is 0. The van der Waals surface area contributed by atoms with Crippen LogP contribution in [0.2, 0.25) is 0 Å². The lowest BCUT2D eigenvalue weighted by molar-refractivity contribution is 0.0494. The molecule has 15 heavy (non-hydrogen) atoms. The summed E-state index contributed by atoms with van der Waals surface area (Å²) in [7, 11) is 0. The van der Waals surface area contributed by atoms with Gasteiger partial charge in [0.2, 0.25) is 0 Å². The number of fused-ring (bicyclic) bond motifs is 2. The van der Waals surface area contributed by atoms with Crippen LogP contribution in [0.3, 0.4) is 0 Å². The molecule has 2 bridgehead atoms. The van der Waals surface area contributed by atoms with Crippen LogP contribution < -0.4 is 5.32 Å².